The van der Waals surface area contributed by atoms with E-state index in [1.807, 2.05) is 27.7 Å². The SMILES string of the molecule is COC(=O)c1c(B2OC(C)(C)C(C)(C)O2)ccnc1C. The number of carbonyl (C=O) groups is 1. The second-order valence-corrected chi connectivity index (χ2v) is 5.94. The van der Waals surface area contributed by atoms with Gasteiger partial charge in [0.1, 0.15) is 0 Å². The second kappa shape index (κ2) is 4.86. The molecule has 1 aliphatic rings. The minimum Gasteiger partial charge on any atom is -0.465 e. The summed E-state index contributed by atoms with van der Waals surface area (Å²) in [6.45, 7) is 9.65. The van der Waals surface area contributed by atoms with E-state index in [1.54, 1.807) is 19.2 Å². The van der Waals surface area contributed by atoms with Gasteiger partial charge >= 0.3 is 13.1 Å². The number of nitrogens with zero attached hydrogens (tertiary/aromatic N) is 1. The largest absolute Gasteiger partial charge is 0.495 e. The van der Waals surface area contributed by atoms with E-state index >= 15 is 0 Å². The topological polar surface area (TPSA) is 57.7 Å². The van der Waals surface area contributed by atoms with Crippen LogP contribution in [-0.2, 0) is 14.0 Å². The van der Waals surface area contributed by atoms with Gasteiger partial charge in [-0.05, 0) is 40.7 Å². The van der Waals surface area contributed by atoms with Crippen LogP contribution in [-0.4, -0.2) is 36.4 Å². The molecule has 2 rings (SSSR count). The maximum atomic E-state index is 12.0. The van der Waals surface area contributed by atoms with Crippen LogP contribution in [0.2, 0.25) is 0 Å². The van der Waals surface area contributed by atoms with Crippen LogP contribution in [0.3, 0.4) is 0 Å². The van der Waals surface area contributed by atoms with Crippen molar-refractivity contribution in [1.82, 2.24) is 4.98 Å². The molecule has 0 amide bonds. The van der Waals surface area contributed by atoms with Gasteiger partial charge in [-0.2, -0.15) is 0 Å². The van der Waals surface area contributed by atoms with Crippen LogP contribution in [0.1, 0.15) is 43.7 Å². The van der Waals surface area contributed by atoms with Gasteiger partial charge in [0.25, 0.3) is 0 Å². The lowest BCUT2D eigenvalue weighted by Crippen LogP contribution is -2.41. The lowest BCUT2D eigenvalue weighted by atomic mass is 9.76. The molecule has 0 aliphatic carbocycles. The van der Waals surface area contributed by atoms with E-state index in [0.29, 0.717) is 16.7 Å². The van der Waals surface area contributed by atoms with E-state index in [1.165, 1.54) is 7.11 Å². The number of aromatic nitrogens is 1. The molecular weight excluding hydrogens is 257 g/mol. The molecule has 0 radical (unpaired) electrons. The molecule has 0 saturated carbocycles. The van der Waals surface area contributed by atoms with Crippen molar-refractivity contribution >= 4 is 18.6 Å². The molecule has 108 valence electrons. The standard InChI is InChI=1S/C14H20BNO4/c1-9-11(12(17)18-6)10(7-8-16-9)15-19-13(2,3)14(4,5)20-15/h7-8H,1-6H3. The molecule has 0 unspecified atom stereocenters. The number of pyridine rings is 1. The van der Waals surface area contributed by atoms with E-state index in [2.05, 4.69) is 4.98 Å². The van der Waals surface area contributed by atoms with Crippen LogP contribution in [0.25, 0.3) is 0 Å². The van der Waals surface area contributed by atoms with E-state index < -0.39 is 24.3 Å². The lowest BCUT2D eigenvalue weighted by molar-refractivity contribution is 0.00578. The van der Waals surface area contributed by atoms with Crippen LogP contribution in [0.4, 0.5) is 0 Å². The first-order valence-electron chi connectivity index (χ1n) is 6.59. The molecule has 0 bridgehead atoms. The number of methoxy groups -OCH3 is 1. The van der Waals surface area contributed by atoms with Crippen molar-refractivity contribution in [3.63, 3.8) is 0 Å². The van der Waals surface area contributed by atoms with Crippen LogP contribution in [0.15, 0.2) is 12.3 Å². The summed E-state index contributed by atoms with van der Waals surface area (Å²) in [5, 5.41) is 0. The predicted octanol–water partition coefficient (Wildman–Crippen LogP) is 1.48. The van der Waals surface area contributed by atoms with Crippen molar-refractivity contribution in [2.75, 3.05) is 7.11 Å². The van der Waals surface area contributed by atoms with Crippen molar-refractivity contribution in [2.24, 2.45) is 0 Å². The third-order valence-electron chi connectivity index (χ3n) is 4.07. The number of aryl methyl sites for hydroxylation is 1. The molecule has 1 aliphatic heterocycles. The Morgan fingerprint density at radius 3 is 2.30 bits per heavy atom. The van der Waals surface area contributed by atoms with Gasteiger partial charge in [-0.1, -0.05) is 0 Å². The monoisotopic (exact) mass is 277 g/mol. The molecule has 0 atom stereocenters. The number of carbonyl (C=O) groups excluding carboxylic acids is 1. The Hall–Kier alpha value is -1.40. The van der Waals surface area contributed by atoms with E-state index in [9.17, 15) is 4.79 Å². The average Bonchev–Trinajstić information content (AvgIpc) is 2.57. The van der Waals surface area contributed by atoms with E-state index in [4.69, 9.17) is 14.0 Å². The summed E-state index contributed by atoms with van der Waals surface area (Å²) in [6.07, 6.45) is 1.64. The molecule has 1 aromatic rings. The van der Waals surface area contributed by atoms with Gasteiger partial charge in [-0.25, -0.2) is 4.79 Å². The first kappa shape index (κ1) is 15.0. The van der Waals surface area contributed by atoms with Gasteiger partial charge in [0.05, 0.1) is 29.6 Å². The Bertz CT molecular complexity index is 526. The lowest BCUT2D eigenvalue weighted by Gasteiger charge is -2.32. The highest BCUT2D eigenvalue weighted by atomic mass is 16.7. The van der Waals surface area contributed by atoms with Gasteiger partial charge in [0.2, 0.25) is 0 Å². The molecule has 5 nitrogen and oxygen atoms in total. The van der Waals surface area contributed by atoms with Crippen LogP contribution >= 0.6 is 0 Å². The Kier molecular flexibility index (Phi) is 3.65. The summed E-state index contributed by atoms with van der Waals surface area (Å²) in [6, 6.07) is 1.74. The zero-order valence-electron chi connectivity index (χ0n) is 12.8. The third-order valence-corrected chi connectivity index (χ3v) is 4.07. The van der Waals surface area contributed by atoms with Crippen molar-refractivity contribution in [3.05, 3.63) is 23.5 Å². The fraction of sp³-hybridized carbons (Fsp3) is 0.571. The molecule has 0 spiro atoms. The summed E-state index contributed by atoms with van der Waals surface area (Å²) in [5.41, 5.74) is 0.755. The summed E-state index contributed by atoms with van der Waals surface area (Å²) in [4.78, 5) is 16.1. The maximum Gasteiger partial charge on any atom is 0.495 e. The summed E-state index contributed by atoms with van der Waals surface area (Å²) in [7, 11) is 0.749. The molecule has 2 heterocycles. The molecule has 1 aromatic heterocycles. The fourth-order valence-corrected chi connectivity index (χ4v) is 2.12. The molecule has 20 heavy (non-hydrogen) atoms. The van der Waals surface area contributed by atoms with Crippen molar-refractivity contribution in [2.45, 2.75) is 45.8 Å². The zero-order chi connectivity index (χ0) is 15.1. The van der Waals surface area contributed by atoms with Gasteiger partial charge in [0.15, 0.2) is 0 Å². The normalized spacial score (nSPS) is 20.0. The van der Waals surface area contributed by atoms with Crippen molar-refractivity contribution in [1.29, 1.82) is 0 Å². The number of rotatable bonds is 2. The van der Waals surface area contributed by atoms with Gasteiger partial charge in [0, 0.05) is 11.7 Å². The van der Waals surface area contributed by atoms with Crippen molar-refractivity contribution < 1.29 is 18.8 Å². The van der Waals surface area contributed by atoms with Gasteiger partial charge in [-0.3, -0.25) is 4.98 Å². The highest BCUT2D eigenvalue weighted by Gasteiger charge is 2.52. The Labute approximate surface area is 119 Å². The maximum absolute atomic E-state index is 12.0. The fourth-order valence-electron chi connectivity index (χ4n) is 2.12. The van der Waals surface area contributed by atoms with E-state index in [-0.39, 0.29) is 0 Å². The molecular formula is C14H20BNO4. The van der Waals surface area contributed by atoms with Crippen molar-refractivity contribution in [3.8, 4) is 0 Å². The number of esters is 1. The molecule has 0 N–H and O–H groups in total. The third kappa shape index (κ3) is 2.34. The van der Waals surface area contributed by atoms with Crippen LogP contribution in [0, 0.1) is 6.92 Å². The predicted molar refractivity (Wildman–Crippen MR) is 76.0 cm³/mol. The first-order chi connectivity index (χ1) is 9.19. The minimum absolute atomic E-state index is 0.411. The molecule has 1 saturated heterocycles. The number of hydrogen-bond donors (Lipinski definition) is 0. The highest BCUT2D eigenvalue weighted by Crippen LogP contribution is 2.36. The molecule has 1 fully saturated rings. The summed E-state index contributed by atoms with van der Waals surface area (Å²) in [5.74, 6) is -0.430. The smallest absolute Gasteiger partial charge is 0.465 e. The molecule has 6 heteroatoms. The Morgan fingerprint density at radius 1 is 1.25 bits per heavy atom. The summed E-state index contributed by atoms with van der Waals surface area (Å²) < 4.78 is 16.8. The number of hydrogen-bond acceptors (Lipinski definition) is 5. The van der Waals surface area contributed by atoms with Gasteiger partial charge in [-0.15, -0.1) is 0 Å². The quantitative estimate of drug-likeness (QED) is 0.605. The Morgan fingerprint density at radius 2 is 1.80 bits per heavy atom. The Balaban J connectivity index is 2.46. The highest BCUT2D eigenvalue weighted by molar-refractivity contribution is 6.63. The average molecular weight is 277 g/mol. The van der Waals surface area contributed by atoms with Gasteiger partial charge < -0.3 is 14.0 Å². The van der Waals surface area contributed by atoms with E-state index in [0.717, 1.165) is 0 Å². The summed E-state index contributed by atoms with van der Waals surface area (Å²) >= 11 is 0. The second-order valence-electron chi connectivity index (χ2n) is 5.94. The minimum atomic E-state index is -0.601. The first-order valence-corrected chi connectivity index (χ1v) is 6.59. The van der Waals surface area contributed by atoms with Crippen LogP contribution in [0.5, 0.6) is 0 Å². The number of ether oxygens (including phenoxy) is 1. The molecule has 0 aromatic carbocycles. The van der Waals surface area contributed by atoms with Crippen LogP contribution < -0.4 is 5.46 Å². The zero-order valence-corrected chi connectivity index (χ0v) is 12.8.